The van der Waals surface area contributed by atoms with Gasteiger partial charge in [0.2, 0.25) is 5.91 Å². The number of likely N-dealkylation sites (tertiary alicyclic amines) is 1. The minimum absolute atomic E-state index is 0.0285. The molecule has 0 saturated carbocycles. The fourth-order valence-corrected chi connectivity index (χ4v) is 3.35. The van der Waals surface area contributed by atoms with Crippen molar-refractivity contribution in [1.82, 2.24) is 10.2 Å². The van der Waals surface area contributed by atoms with Crippen LogP contribution in [0.15, 0.2) is 35.5 Å². The van der Waals surface area contributed by atoms with Crippen LogP contribution in [-0.2, 0) is 20.9 Å². The Hall–Kier alpha value is -2.33. The molecule has 10 heteroatoms. The first-order valence-corrected chi connectivity index (χ1v) is 8.79. The summed E-state index contributed by atoms with van der Waals surface area (Å²) in [5.74, 6) is -1.93. The Balaban J connectivity index is 0.000000345. The van der Waals surface area contributed by atoms with E-state index in [2.05, 4.69) is 16.8 Å². The fourth-order valence-electron chi connectivity index (χ4n) is 3.35. The molecule has 0 bridgehead atoms. The SMILES string of the molecule is C=CCN1C[C@@H](C(=O)NCc2ccco2)C[C@H]2OCC[C@H]21.O=C(O)C(F)(F)F. The first-order valence-electron chi connectivity index (χ1n) is 8.79. The molecular formula is C18H23F3N2O5. The van der Waals surface area contributed by atoms with E-state index in [0.29, 0.717) is 12.6 Å². The first-order chi connectivity index (χ1) is 13.2. The van der Waals surface area contributed by atoms with Crippen molar-refractivity contribution in [1.29, 1.82) is 0 Å². The summed E-state index contributed by atoms with van der Waals surface area (Å²) in [6.45, 7) is 6.64. The Morgan fingerprint density at radius 3 is 2.71 bits per heavy atom. The van der Waals surface area contributed by atoms with E-state index in [1.807, 2.05) is 18.2 Å². The number of nitrogens with zero attached hydrogens (tertiary/aromatic N) is 1. The molecule has 2 saturated heterocycles. The molecule has 2 aliphatic heterocycles. The first kappa shape index (κ1) is 22.0. The van der Waals surface area contributed by atoms with Crippen LogP contribution in [-0.4, -0.2) is 59.9 Å². The number of ether oxygens (including phenoxy) is 1. The molecule has 3 heterocycles. The molecule has 2 fully saturated rings. The van der Waals surface area contributed by atoms with E-state index in [4.69, 9.17) is 19.1 Å². The molecule has 156 valence electrons. The summed E-state index contributed by atoms with van der Waals surface area (Å²) in [5, 5.41) is 10.1. The summed E-state index contributed by atoms with van der Waals surface area (Å²) >= 11 is 0. The summed E-state index contributed by atoms with van der Waals surface area (Å²) in [6.07, 6.45) is 0.475. The number of amides is 1. The molecule has 28 heavy (non-hydrogen) atoms. The third-order valence-electron chi connectivity index (χ3n) is 4.61. The average Bonchev–Trinajstić information content (AvgIpc) is 3.31. The number of aliphatic carboxylic acids is 1. The molecular weight excluding hydrogens is 381 g/mol. The number of carbonyl (C=O) groups excluding carboxylic acids is 1. The molecule has 3 atom stereocenters. The third kappa shape index (κ3) is 6.10. The molecule has 1 amide bonds. The summed E-state index contributed by atoms with van der Waals surface area (Å²) in [6, 6.07) is 4.13. The van der Waals surface area contributed by atoms with Gasteiger partial charge in [-0.15, -0.1) is 6.58 Å². The van der Waals surface area contributed by atoms with Crippen LogP contribution in [0.5, 0.6) is 0 Å². The topological polar surface area (TPSA) is 92.0 Å². The van der Waals surface area contributed by atoms with Gasteiger partial charge in [-0.05, 0) is 25.0 Å². The van der Waals surface area contributed by atoms with Crippen LogP contribution in [0, 0.1) is 5.92 Å². The summed E-state index contributed by atoms with van der Waals surface area (Å²) in [7, 11) is 0. The number of halogens is 3. The minimum Gasteiger partial charge on any atom is -0.475 e. The number of carboxylic acids is 1. The van der Waals surface area contributed by atoms with Crippen LogP contribution >= 0.6 is 0 Å². The van der Waals surface area contributed by atoms with Crippen molar-refractivity contribution in [2.45, 2.75) is 37.7 Å². The van der Waals surface area contributed by atoms with Gasteiger partial charge < -0.3 is 19.6 Å². The predicted molar refractivity (Wildman–Crippen MR) is 92.3 cm³/mol. The number of alkyl halides is 3. The van der Waals surface area contributed by atoms with Gasteiger partial charge in [0.25, 0.3) is 0 Å². The lowest BCUT2D eigenvalue weighted by Gasteiger charge is -2.39. The van der Waals surface area contributed by atoms with Crippen LogP contribution in [0.25, 0.3) is 0 Å². The van der Waals surface area contributed by atoms with E-state index in [0.717, 1.165) is 38.3 Å². The lowest BCUT2D eigenvalue weighted by Crippen LogP contribution is -2.52. The van der Waals surface area contributed by atoms with Crippen molar-refractivity contribution >= 4 is 11.9 Å². The van der Waals surface area contributed by atoms with Gasteiger partial charge in [0, 0.05) is 25.7 Å². The maximum Gasteiger partial charge on any atom is 0.490 e. The highest BCUT2D eigenvalue weighted by atomic mass is 19.4. The minimum atomic E-state index is -5.08. The zero-order valence-corrected chi connectivity index (χ0v) is 15.2. The number of piperidine rings is 1. The molecule has 0 aromatic carbocycles. The molecule has 0 aliphatic carbocycles. The molecule has 2 N–H and O–H groups in total. The van der Waals surface area contributed by atoms with E-state index in [-0.39, 0.29) is 17.9 Å². The standard InChI is InChI=1S/C16H22N2O3.C2HF3O2/c1-2-6-18-11-12(9-15-14(18)5-8-21-15)16(19)17-10-13-4-3-7-20-13;3-2(4,5)1(6)7/h2-4,7,12,14-15H,1,5-6,8-11H2,(H,17,19);(H,6,7)/t12-,14+,15+;/m0./s1. The van der Waals surface area contributed by atoms with Gasteiger partial charge in [0.15, 0.2) is 0 Å². The van der Waals surface area contributed by atoms with Gasteiger partial charge in [-0.3, -0.25) is 9.69 Å². The van der Waals surface area contributed by atoms with Crippen molar-refractivity contribution in [2.75, 3.05) is 19.7 Å². The Labute approximate surface area is 160 Å². The number of rotatable bonds is 5. The van der Waals surface area contributed by atoms with Gasteiger partial charge in [0.1, 0.15) is 5.76 Å². The average molecular weight is 404 g/mol. The van der Waals surface area contributed by atoms with E-state index < -0.39 is 12.1 Å². The zero-order valence-electron chi connectivity index (χ0n) is 15.2. The second kappa shape index (κ2) is 9.74. The van der Waals surface area contributed by atoms with Crippen LogP contribution in [0.4, 0.5) is 13.2 Å². The van der Waals surface area contributed by atoms with Gasteiger partial charge in [-0.2, -0.15) is 13.2 Å². The largest absolute Gasteiger partial charge is 0.490 e. The molecule has 3 rings (SSSR count). The Bertz CT molecular complexity index is 663. The molecule has 0 spiro atoms. The highest BCUT2D eigenvalue weighted by molar-refractivity contribution is 5.79. The third-order valence-corrected chi connectivity index (χ3v) is 4.61. The molecule has 0 radical (unpaired) electrons. The number of carbonyl (C=O) groups is 2. The Morgan fingerprint density at radius 2 is 2.14 bits per heavy atom. The number of hydrogen-bond acceptors (Lipinski definition) is 5. The van der Waals surface area contributed by atoms with Gasteiger partial charge in [0.05, 0.1) is 24.8 Å². The summed E-state index contributed by atoms with van der Waals surface area (Å²) in [5.41, 5.74) is 0. The number of carboxylic acid groups (broad SMARTS) is 1. The Kier molecular flexibility index (Phi) is 7.64. The number of hydrogen-bond donors (Lipinski definition) is 2. The Morgan fingerprint density at radius 1 is 1.43 bits per heavy atom. The monoisotopic (exact) mass is 404 g/mol. The van der Waals surface area contributed by atoms with Crippen molar-refractivity contribution in [2.24, 2.45) is 5.92 Å². The van der Waals surface area contributed by atoms with Crippen LogP contribution < -0.4 is 5.32 Å². The molecule has 0 unspecified atom stereocenters. The van der Waals surface area contributed by atoms with Gasteiger partial charge in [-0.25, -0.2) is 4.79 Å². The zero-order chi connectivity index (χ0) is 20.7. The molecule has 1 aromatic heterocycles. The molecule has 7 nitrogen and oxygen atoms in total. The number of nitrogens with one attached hydrogen (secondary N) is 1. The quantitative estimate of drug-likeness (QED) is 0.731. The second-order valence-corrected chi connectivity index (χ2v) is 6.54. The summed E-state index contributed by atoms with van der Waals surface area (Å²) < 4.78 is 42.8. The van der Waals surface area contributed by atoms with E-state index in [1.54, 1.807) is 6.26 Å². The van der Waals surface area contributed by atoms with Crippen LogP contribution in [0.1, 0.15) is 18.6 Å². The van der Waals surface area contributed by atoms with Crippen molar-refractivity contribution in [3.8, 4) is 0 Å². The van der Waals surface area contributed by atoms with Gasteiger partial charge in [-0.1, -0.05) is 6.08 Å². The molecule has 1 aromatic rings. The maximum absolute atomic E-state index is 12.4. The smallest absolute Gasteiger partial charge is 0.475 e. The van der Waals surface area contributed by atoms with Crippen LogP contribution in [0.2, 0.25) is 0 Å². The van der Waals surface area contributed by atoms with Crippen molar-refractivity contribution in [3.63, 3.8) is 0 Å². The number of fused-ring (bicyclic) bond motifs is 1. The number of furan rings is 1. The van der Waals surface area contributed by atoms with Gasteiger partial charge >= 0.3 is 12.1 Å². The highest BCUT2D eigenvalue weighted by Gasteiger charge is 2.41. The highest BCUT2D eigenvalue weighted by Crippen LogP contribution is 2.31. The normalized spacial score (nSPS) is 24.6. The fraction of sp³-hybridized carbons (Fsp3) is 0.556. The van der Waals surface area contributed by atoms with E-state index in [1.165, 1.54) is 0 Å². The lowest BCUT2D eigenvalue weighted by molar-refractivity contribution is -0.192. The lowest BCUT2D eigenvalue weighted by atomic mass is 9.89. The second-order valence-electron chi connectivity index (χ2n) is 6.54. The van der Waals surface area contributed by atoms with Crippen molar-refractivity contribution in [3.05, 3.63) is 36.8 Å². The molecule has 2 aliphatic rings. The predicted octanol–water partition coefficient (Wildman–Crippen LogP) is 2.19. The maximum atomic E-state index is 12.4. The van der Waals surface area contributed by atoms with E-state index in [9.17, 15) is 18.0 Å². The van der Waals surface area contributed by atoms with Crippen LogP contribution in [0.3, 0.4) is 0 Å². The van der Waals surface area contributed by atoms with Crippen molar-refractivity contribution < 1.29 is 37.0 Å². The van der Waals surface area contributed by atoms with E-state index >= 15 is 0 Å². The summed E-state index contributed by atoms with van der Waals surface area (Å²) in [4.78, 5) is 23.6.